The molecule has 0 atom stereocenters. The lowest BCUT2D eigenvalue weighted by molar-refractivity contribution is -0.118. The average molecular weight is 472 g/mol. The lowest BCUT2D eigenvalue weighted by Gasteiger charge is -2.08. The van der Waals surface area contributed by atoms with E-state index in [1.54, 1.807) is 28.9 Å². The van der Waals surface area contributed by atoms with Gasteiger partial charge in [0, 0.05) is 16.5 Å². The number of halogens is 2. The van der Waals surface area contributed by atoms with Gasteiger partial charge in [-0.1, -0.05) is 23.7 Å². The van der Waals surface area contributed by atoms with Gasteiger partial charge in [-0.05, 0) is 42.0 Å². The summed E-state index contributed by atoms with van der Waals surface area (Å²) in [5, 5.41) is 8.11. The van der Waals surface area contributed by atoms with E-state index in [0.717, 1.165) is 10.5 Å². The van der Waals surface area contributed by atoms with Crippen molar-refractivity contribution < 1.29 is 9.18 Å². The Hall–Kier alpha value is -3.17. The molecule has 32 heavy (non-hydrogen) atoms. The highest BCUT2D eigenvalue weighted by molar-refractivity contribution is 8.00. The molecule has 7 nitrogen and oxygen atoms in total. The van der Waals surface area contributed by atoms with E-state index in [2.05, 4.69) is 15.4 Å². The van der Waals surface area contributed by atoms with Crippen LogP contribution in [0, 0.1) is 5.82 Å². The Morgan fingerprint density at radius 1 is 1.12 bits per heavy atom. The lowest BCUT2D eigenvalue weighted by Crippen LogP contribution is -2.29. The van der Waals surface area contributed by atoms with Gasteiger partial charge in [0.05, 0.1) is 25.0 Å². The minimum atomic E-state index is -0.310. The van der Waals surface area contributed by atoms with Crippen molar-refractivity contribution >= 4 is 40.3 Å². The number of nitrogens with one attached hydrogen (secondary N) is 1. The first-order valence-corrected chi connectivity index (χ1v) is 11.2. The number of hydrogen-bond donors (Lipinski definition) is 1. The van der Waals surface area contributed by atoms with Gasteiger partial charge < -0.3 is 5.32 Å². The molecule has 10 heteroatoms. The maximum atomic E-state index is 12.9. The van der Waals surface area contributed by atoms with Gasteiger partial charge in [0.15, 0.2) is 5.65 Å². The molecule has 0 spiro atoms. The zero-order valence-corrected chi connectivity index (χ0v) is 18.4. The largest absolute Gasteiger partial charge is 0.354 e. The second-order valence-corrected chi connectivity index (χ2v) is 8.49. The summed E-state index contributed by atoms with van der Waals surface area (Å²) in [7, 11) is 0. The number of carbonyl (C=O) groups is 1. The first-order chi connectivity index (χ1) is 15.5. The highest BCUT2D eigenvalue weighted by atomic mass is 35.5. The summed E-state index contributed by atoms with van der Waals surface area (Å²) in [5.74, 6) is -0.233. The number of benzene rings is 2. The molecule has 0 radical (unpaired) electrons. The summed E-state index contributed by atoms with van der Waals surface area (Å²) < 4.78 is 16.0. The van der Waals surface area contributed by atoms with Crippen molar-refractivity contribution in [2.75, 3.05) is 12.3 Å². The Balaban J connectivity index is 1.34. The Bertz CT molecular complexity index is 1290. The van der Waals surface area contributed by atoms with Crippen LogP contribution in [-0.2, 0) is 17.9 Å². The number of hydrogen-bond acceptors (Lipinski definition) is 5. The number of carbonyl (C=O) groups excluding carboxylic acids is 1. The molecule has 1 N–H and O–H groups in total. The van der Waals surface area contributed by atoms with Crippen LogP contribution in [0.15, 0.2) is 70.7 Å². The smallest absolute Gasteiger partial charge is 0.264 e. The van der Waals surface area contributed by atoms with Crippen molar-refractivity contribution in [2.24, 2.45) is 0 Å². The van der Waals surface area contributed by atoms with Gasteiger partial charge in [-0.15, -0.1) is 11.8 Å². The first-order valence-electron chi connectivity index (χ1n) is 9.80. The van der Waals surface area contributed by atoms with Gasteiger partial charge in [0.25, 0.3) is 5.56 Å². The third-order valence-corrected chi connectivity index (χ3v) is 5.98. The molecule has 0 unspecified atom stereocenters. The number of rotatable bonds is 8. The first kappa shape index (κ1) is 22.0. The molecule has 2 heterocycles. The number of fused-ring (bicyclic) bond motifs is 1. The van der Waals surface area contributed by atoms with Gasteiger partial charge in [-0.2, -0.15) is 5.10 Å². The molecule has 1 amide bonds. The van der Waals surface area contributed by atoms with Crippen LogP contribution < -0.4 is 10.9 Å². The Morgan fingerprint density at radius 2 is 1.88 bits per heavy atom. The number of aromatic nitrogens is 4. The molecule has 0 aliphatic carbocycles. The third-order valence-electron chi connectivity index (χ3n) is 4.72. The van der Waals surface area contributed by atoms with E-state index >= 15 is 0 Å². The molecular weight excluding hydrogens is 453 g/mol. The summed E-state index contributed by atoms with van der Waals surface area (Å²) in [5.41, 5.74) is 1.22. The highest BCUT2D eigenvalue weighted by Gasteiger charge is 2.11. The molecule has 0 saturated carbocycles. The normalized spacial score (nSPS) is 11.1. The lowest BCUT2D eigenvalue weighted by atomic mass is 10.2. The predicted octanol–water partition coefficient (Wildman–Crippen LogP) is 3.34. The van der Waals surface area contributed by atoms with Gasteiger partial charge in [-0.3, -0.25) is 14.2 Å². The monoisotopic (exact) mass is 471 g/mol. The summed E-state index contributed by atoms with van der Waals surface area (Å²) in [6, 6.07) is 13.3. The van der Waals surface area contributed by atoms with E-state index in [0.29, 0.717) is 35.7 Å². The quantitative estimate of drug-likeness (QED) is 0.398. The summed E-state index contributed by atoms with van der Waals surface area (Å²) in [4.78, 5) is 30.0. The van der Waals surface area contributed by atoms with Gasteiger partial charge >= 0.3 is 0 Å². The fourth-order valence-corrected chi connectivity index (χ4v) is 3.95. The molecule has 0 fully saturated rings. The van der Waals surface area contributed by atoms with Crippen LogP contribution in [0.25, 0.3) is 11.0 Å². The minimum Gasteiger partial charge on any atom is -0.354 e. The molecule has 4 aromatic rings. The standard InChI is InChI=1S/C22H19ClFN5O2S/c23-16-3-1-15(2-4-16)12-28-14-26-21-19(22(28)31)11-27-29(21)10-9-25-20(30)13-32-18-7-5-17(24)6-8-18/h1-8,11,14H,9-10,12-13H2,(H,25,30). The maximum absolute atomic E-state index is 12.9. The van der Waals surface area contributed by atoms with Crippen molar-refractivity contribution in [1.29, 1.82) is 0 Å². The SMILES string of the molecule is O=C(CSc1ccc(F)cc1)NCCn1ncc2c(=O)n(Cc3ccc(Cl)cc3)cnc21. The molecule has 2 aromatic carbocycles. The number of nitrogens with zero attached hydrogens (tertiary/aromatic N) is 4. The van der Waals surface area contributed by atoms with Gasteiger partial charge in [0.2, 0.25) is 5.91 Å². The van der Waals surface area contributed by atoms with E-state index in [-0.39, 0.29) is 23.0 Å². The molecule has 0 aliphatic rings. The van der Waals surface area contributed by atoms with Gasteiger partial charge in [-0.25, -0.2) is 14.1 Å². The highest BCUT2D eigenvalue weighted by Crippen LogP contribution is 2.17. The average Bonchev–Trinajstić information content (AvgIpc) is 3.20. The Labute approximate surface area is 192 Å². The van der Waals surface area contributed by atoms with Crippen LogP contribution in [0.3, 0.4) is 0 Å². The van der Waals surface area contributed by atoms with E-state index in [1.165, 1.54) is 41.0 Å². The second kappa shape index (κ2) is 9.97. The zero-order valence-electron chi connectivity index (χ0n) is 16.9. The molecule has 164 valence electrons. The molecule has 0 aliphatic heterocycles. The topological polar surface area (TPSA) is 81.8 Å². The van der Waals surface area contributed by atoms with E-state index in [1.807, 2.05) is 12.1 Å². The molecule has 2 aromatic heterocycles. The van der Waals surface area contributed by atoms with Crippen LogP contribution >= 0.6 is 23.4 Å². The van der Waals surface area contributed by atoms with Crippen molar-refractivity contribution in [3.63, 3.8) is 0 Å². The number of thioether (sulfide) groups is 1. The fourth-order valence-electron chi connectivity index (χ4n) is 3.09. The molecule has 0 bridgehead atoms. The van der Waals surface area contributed by atoms with Crippen LogP contribution in [0.5, 0.6) is 0 Å². The Kier molecular flexibility index (Phi) is 6.87. The fraction of sp³-hybridized carbons (Fsp3) is 0.182. The molecular formula is C22H19ClFN5O2S. The van der Waals surface area contributed by atoms with E-state index in [4.69, 9.17) is 11.6 Å². The summed E-state index contributed by atoms with van der Waals surface area (Å²) >= 11 is 7.23. The minimum absolute atomic E-state index is 0.144. The van der Waals surface area contributed by atoms with Gasteiger partial charge in [0.1, 0.15) is 17.5 Å². The third kappa shape index (κ3) is 5.35. The van der Waals surface area contributed by atoms with Crippen molar-refractivity contribution in [3.05, 3.63) is 87.8 Å². The van der Waals surface area contributed by atoms with Crippen LogP contribution in [0.1, 0.15) is 5.56 Å². The van der Waals surface area contributed by atoms with Crippen LogP contribution in [0.4, 0.5) is 4.39 Å². The zero-order chi connectivity index (χ0) is 22.5. The van der Waals surface area contributed by atoms with Crippen molar-refractivity contribution in [3.8, 4) is 0 Å². The van der Waals surface area contributed by atoms with E-state index < -0.39 is 0 Å². The molecule has 4 rings (SSSR count). The van der Waals surface area contributed by atoms with Crippen molar-refractivity contribution in [2.45, 2.75) is 18.0 Å². The van der Waals surface area contributed by atoms with Crippen LogP contribution in [-0.4, -0.2) is 37.5 Å². The molecule has 0 saturated heterocycles. The van der Waals surface area contributed by atoms with E-state index in [9.17, 15) is 14.0 Å². The number of amides is 1. The Morgan fingerprint density at radius 3 is 2.62 bits per heavy atom. The second-order valence-electron chi connectivity index (χ2n) is 7.00. The van der Waals surface area contributed by atoms with Crippen LogP contribution in [0.2, 0.25) is 5.02 Å². The predicted molar refractivity (Wildman–Crippen MR) is 122 cm³/mol. The van der Waals surface area contributed by atoms with Crippen molar-refractivity contribution in [1.82, 2.24) is 24.6 Å². The summed E-state index contributed by atoms with van der Waals surface area (Å²) in [6.45, 7) is 1.10. The summed E-state index contributed by atoms with van der Waals surface area (Å²) in [6.07, 6.45) is 2.99. The maximum Gasteiger partial charge on any atom is 0.264 e.